The van der Waals surface area contributed by atoms with Crippen LogP contribution in [0.5, 0.6) is 0 Å². The van der Waals surface area contributed by atoms with E-state index in [1.54, 1.807) is 0 Å². The molecule has 1 heterocycles. The third kappa shape index (κ3) is 2.49. The monoisotopic (exact) mass is 354 g/mol. The lowest BCUT2D eigenvalue weighted by atomic mass is 10.0. The molecule has 5 aromatic rings. The molecule has 0 aliphatic rings. The van der Waals surface area contributed by atoms with E-state index in [1.165, 1.54) is 11.1 Å². The Kier molecular flexibility index (Phi) is 3.55. The molecular formula is C24H15ClO. The molecule has 5 rings (SSSR count). The Morgan fingerprint density at radius 3 is 2.15 bits per heavy atom. The van der Waals surface area contributed by atoms with Crippen LogP contribution in [0.25, 0.3) is 44.2 Å². The van der Waals surface area contributed by atoms with Crippen LogP contribution in [0.3, 0.4) is 0 Å². The lowest BCUT2D eigenvalue weighted by Crippen LogP contribution is -1.78. The summed E-state index contributed by atoms with van der Waals surface area (Å²) in [6.45, 7) is 0. The maximum absolute atomic E-state index is 6.23. The molecule has 4 aromatic carbocycles. The van der Waals surface area contributed by atoms with Crippen molar-refractivity contribution in [1.82, 2.24) is 0 Å². The molecule has 0 fully saturated rings. The molecule has 0 bridgehead atoms. The molecule has 1 nitrogen and oxygen atoms in total. The molecule has 2 heteroatoms. The highest BCUT2D eigenvalue weighted by Crippen LogP contribution is 2.37. The molecule has 0 aliphatic carbocycles. The highest BCUT2D eigenvalue weighted by atomic mass is 35.5. The fourth-order valence-electron chi connectivity index (χ4n) is 3.47. The Hall–Kier alpha value is -3.03. The number of rotatable bonds is 2. The van der Waals surface area contributed by atoms with Crippen LogP contribution in [-0.2, 0) is 0 Å². The molecule has 0 radical (unpaired) electrons. The molecule has 0 saturated carbocycles. The van der Waals surface area contributed by atoms with Crippen LogP contribution in [0.4, 0.5) is 0 Å². The van der Waals surface area contributed by atoms with Crippen LogP contribution in [0, 0.1) is 0 Å². The molecule has 0 aliphatic heterocycles. The van der Waals surface area contributed by atoms with Crippen LogP contribution in [0.1, 0.15) is 0 Å². The average Bonchev–Trinajstić information content (AvgIpc) is 3.07. The van der Waals surface area contributed by atoms with E-state index in [0.717, 1.165) is 38.1 Å². The van der Waals surface area contributed by atoms with Gasteiger partial charge in [0, 0.05) is 21.4 Å². The second-order valence-electron chi connectivity index (χ2n) is 6.37. The highest BCUT2D eigenvalue weighted by Gasteiger charge is 2.13. The highest BCUT2D eigenvalue weighted by molar-refractivity contribution is 6.30. The van der Waals surface area contributed by atoms with Gasteiger partial charge in [-0.25, -0.2) is 0 Å². The van der Waals surface area contributed by atoms with E-state index >= 15 is 0 Å². The molecule has 0 atom stereocenters. The van der Waals surface area contributed by atoms with E-state index in [1.807, 2.05) is 30.3 Å². The van der Waals surface area contributed by atoms with Crippen molar-refractivity contribution in [1.29, 1.82) is 0 Å². The minimum atomic E-state index is 0.734. The first-order chi connectivity index (χ1) is 12.8. The van der Waals surface area contributed by atoms with Gasteiger partial charge in [-0.2, -0.15) is 0 Å². The van der Waals surface area contributed by atoms with Crippen LogP contribution in [0.15, 0.2) is 95.4 Å². The third-order valence-corrected chi connectivity index (χ3v) is 5.01. The van der Waals surface area contributed by atoms with Gasteiger partial charge in [0.25, 0.3) is 0 Å². The minimum absolute atomic E-state index is 0.734. The lowest BCUT2D eigenvalue weighted by molar-refractivity contribution is 0.670. The zero-order valence-corrected chi connectivity index (χ0v) is 14.7. The summed E-state index contributed by atoms with van der Waals surface area (Å²) in [7, 11) is 0. The Balaban J connectivity index is 1.75. The quantitative estimate of drug-likeness (QED) is 0.318. The van der Waals surface area contributed by atoms with Gasteiger partial charge in [-0.15, -0.1) is 0 Å². The Bertz CT molecular complexity index is 1220. The summed E-state index contributed by atoms with van der Waals surface area (Å²) >= 11 is 6.03. The molecule has 1 aromatic heterocycles. The maximum atomic E-state index is 6.23. The molecule has 124 valence electrons. The largest absolute Gasteiger partial charge is 0.455 e. The molecular weight excluding hydrogens is 340 g/mol. The predicted octanol–water partition coefficient (Wildman–Crippen LogP) is 7.57. The van der Waals surface area contributed by atoms with E-state index in [2.05, 4.69) is 60.7 Å². The Labute approximate surface area is 156 Å². The topological polar surface area (TPSA) is 13.1 Å². The summed E-state index contributed by atoms with van der Waals surface area (Å²) in [4.78, 5) is 0. The third-order valence-electron chi connectivity index (χ3n) is 4.76. The summed E-state index contributed by atoms with van der Waals surface area (Å²) in [5, 5.41) is 3.00. The molecule has 0 spiro atoms. The van der Waals surface area contributed by atoms with Gasteiger partial charge in [-0.1, -0.05) is 78.3 Å². The van der Waals surface area contributed by atoms with Crippen molar-refractivity contribution in [2.45, 2.75) is 0 Å². The van der Waals surface area contributed by atoms with Crippen LogP contribution in [-0.4, -0.2) is 0 Å². The average molecular weight is 355 g/mol. The fraction of sp³-hybridized carbons (Fsp3) is 0. The first-order valence-corrected chi connectivity index (χ1v) is 8.94. The predicted molar refractivity (Wildman–Crippen MR) is 110 cm³/mol. The zero-order valence-electron chi connectivity index (χ0n) is 13.9. The maximum Gasteiger partial charge on any atom is 0.143 e. The van der Waals surface area contributed by atoms with Gasteiger partial charge in [-0.3, -0.25) is 0 Å². The lowest BCUT2D eigenvalue weighted by Gasteiger charge is -2.03. The van der Waals surface area contributed by atoms with Crippen molar-refractivity contribution < 1.29 is 4.42 Å². The van der Waals surface area contributed by atoms with E-state index < -0.39 is 0 Å². The van der Waals surface area contributed by atoms with Crippen LogP contribution < -0.4 is 0 Å². The van der Waals surface area contributed by atoms with Gasteiger partial charge in [-0.05, 0) is 41.0 Å². The Morgan fingerprint density at radius 2 is 1.35 bits per heavy atom. The fourth-order valence-corrected chi connectivity index (χ4v) is 3.59. The number of benzene rings is 4. The number of para-hydroxylation sites is 1. The summed E-state index contributed by atoms with van der Waals surface area (Å²) < 4.78 is 6.23. The summed E-state index contributed by atoms with van der Waals surface area (Å²) in [6.07, 6.45) is 0. The molecule has 0 amide bonds. The van der Waals surface area contributed by atoms with Gasteiger partial charge in [0.1, 0.15) is 11.2 Å². The smallest absolute Gasteiger partial charge is 0.143 e. The molecule has 0 N–H and O–H groups in total. The van der Waals surface area contributed by atoms with Gasteiger partial charge >= 0.3 is 0 Å². The number of halogens is 1. The minimum Gasteiger partial charge on any atom is -0.455 e. The van der Waals surface area contributed by atoms with E-state index in [0.29, 0.717) is 0 Å². The second-order valence-corrected chi connectivity index (χ2v) is 6.80. The van der Waals surface area contributed by atoms with Crippen LogP contribution >= 0.6 is 11.6 Å². The van der Waals surface area contributed by atoms with Gasteiger partial charge in [0.05, 0.1) is 0 Å². The summed E-state index contributed by atoms with van der Waals surface area (Å²) in [5.41, 5.74) is 6.39. The first kappa shape index (κ1) is 15.2. The van der Waals surface area contributed by atoms with Crippen LogP contribution in [0.2, 0.25) is 5.02 Å². The number of furan rings is 1. The van der Waals surface area contributed by atoms with E-state index in [9.17, 15) is 0 Å². The van der Waals surface area contributed by atoms with Gasteiger partial charge < -0.3 is 4.42 Å². The molecule has 26 heavy (non-hydrogen) atoms. The normalized spacial score (nSPS) is 11.3. The van der Waals surface area contributed by atoms with E-state index in [-0.39, 0.29) is 0 Å². The summed E-state index contributed by atoms with van der Waals surface area (Å²) in [5.74, 6) is 0. The SMILES string of the molecule is Clc1ccc(-c2cccc3c2oc2ccc(-c4ccccc4)cc23)cc1. The number of hydrogen-bond donors (Lipinski definition) is 0. The van der Waals surface area contributed by atoms with Gasteiger partial charge in [0.2, 0.25) is 0 Å². The van der Waals surface area contributed by atoms with E-state index in [4.69, 9.17) is 16.0 Å². The van der Waals surface area contributed by atoms with Gasteiger partial charge in [0.15, 0.2) is 0 Å². The standard InChI is InChI=1S/C24H15ClO/c25-19-12-9-17(10-13-19)20-7-4-8-21-22-15-18(16-5-2-1-3-6-16)11-14-23(22)26-24(20)21/h1-15H. The molecule has 0 unspecified atom stereocenters. The number of hydrogen-bond acceptors (Lipinski definition) is 1. The van der Waals surface area contributed by atoms with Crippen molar-refractivity contribution in [3.63, 3.8) is 0 Å². The van der Waals surface area contributed by atoms with Crippen molar-refractivity contribution in [2.24, 2.45) is 0 Å². The van der Waals surface area contributed by atoms with Crippen molar-refractivity contribution in [3.05, 3.63) is 96.0 Å². The number of fused-ring (bicyclic) bond motifs is 3. The summed E-state index contributed by atoms with van der Waals surface area (Å²) in [6, 6.07) is 31.0. The van der Waals surface area contributed by atoms with Crippen molar-refractivity contribution in [3.8, 4) is 22.3 Å². The molecule has 0 saturated heterocycles. The Morgan fingerprint density at radius 1 is 0.577 bits per heavy atom. The second kappa shape index (κ2) is 6.05. The van der Waals surface area contributed by atoms with Crippen molar-refractivity contribution in [2.75, 3.05) is 0 Å². The first-order valence-electron chi connectivity index (χ1n) is 8.56. The van der Waals surface area contributed by atoms with Crippen molar-refractivity contribution >= 4 is 33.5 Å². The zero-order chi connectivity index (χ0) is 17.5.